The Morgan fingerprint density at radius 2 is 2.14 bits per heavy atom. The molecule has 1 unspecified atom stereocenters. The van der Waals surface area contributed by atoms with Gasteiger partial charge in [-0.25, -0.2) is 8.78 Å². The Morgan fingerprint density at radius 3 is 2.86 bits per heavy atom. The van der Waals surface area contributed by atoms with Crippen molar-refractivity contribution in [1.82, 2.24) is 10.2 Å². The maximum absolute atomic E-state index is 13.7. The first-order chi connectivity index (χ1) is 9.60. The third-order valence-electron chi connectivity index (χ3n) is 4.22. The lowest BCUT2D eigenvalue weighted by Gasteiger charge is -2.36. The van der Waals surface area contributed by atoms with E-state index < -0.39 is 11.6 Å². The van der Waals surface area contributed by atoms with Crippen molar-refractivity contribution >= 4 is 29.7 Å². The van der Waals surface area contributed by atoms with Crippen LogP contribution in [-0.2, 0) is 12.8 Å². The SMILES string of the molecule is Cl.NCC1CNC(=S)N1[C@H]1CCc2c(F)cc(F)cc2C1. The van der Waals surface area contributed by atoms with Crippen LogP contribution in [0.5, 0.6) is 0 Å². The highest BCUT2D eigenvalue weighted by Gasteiger charge is 2.35. The lowest BCUT2D eigenvalue weighted by Crippen LogP contribution is -2.48. The van der Waals surface area contributed by atoms with Crippen LogP contribution < -0.4 is 11.1 Å². The molecule has 0 spiro atoms. The number of nitrogens with one attached hydrogen (secondary N) is 1. The van der Waals surface area contributed by atoms with E-state index >= 15 is 0 Å². The van der Waals surface area contributed by atoms with Gasteiger partial charge >= 0.3 is 0 Å². The Hall–Kier alpha value is -0.980. The van der Waals surface area contributed by atoms with Crippen molar-refractivity contribution in [1.29, 1.82) is 0 Å². The van der Waals surface area contributed by atoms with Gasteiger partial charge in [-0.3, -0.25) is 0 Å². The van der Waals surface area contributed by atoms with E-state index in [9.17, 15) is 8.78 Å². The van der Waals surface area contributed by atoms with Crippen LogP contribution >= 0.6 is 24.6 Å². The summed E-state index contributed by atoms with van der Waals surface area (Å²) in [5, 5.41) is 3.84. The molecule has 1 aromatic rings. The number of rotatable bonds is 2. The lowest BCUT2D eigenvalue weighted by atomic mass is 9.86. The predicted molar refractivity (Wildman–Crippen MR) is 84.7 cm³/mol. The number of nitrogens with zero attached hydrogens (tertiary/aromatic N) is 1. The van der Waals surface area contributed by atoms with Crippen molar-refractivity contribution in [2.45, 2.75) is 31.3 Å². The van der Waals surface area contributed by atoms with Gasteiger partial charge in [0, 0.05) is 25.2 Å². The molecule has 3 N–H and O–H groups in total. The van der Waals surface area contributed by atoms with Crippen LogP contribution in [0.2, 0.25) is 0 Å². The maximum atomic E-state index is 13.7. The van der Waals surface area contributed by atoms with Crippen molar-refractivity contribution in [3.05, 3.63) is 34.9 Å². The molecule has 2 aliphatic rings. The number of nitrogens with two attached hydrogens (primary N) is 1. The molecule has 21 heavy (non-hydrogen) atoms. The second-order valence-electron chi connectivity index (χ2n) is 5.40. The normalized spacial score (nSPS) is 24.3. The lowest BCUT2D eigenvalue weighted by molar-refractivity contribution is 0.247. The second-order valence-corrected chi connectivity index (χ2v) is 5.79. The van der Waals surface area contributed by atoms with Crippen molar-refractivity contribution in [3.8, 4) is 0 Å². The fourth-order valence-electron chi connectivity index (χ4n) is 3.24. The predicted octanol–water partition coefficient (Wildman–Crippen LogP) is 1.76. The smallest absolute Gasteiger partial charge is 0.169 e. The van der Waals surface area contributed by atoms with Gasteiger partial charge in [0.1, 0.15) is 11.6 Å². The molecule has 1 aromatic carbocycles. The number of fused-ring (bicyclic) bond motifs is 1. The minimum atomic E-state index is -0.514. The molecule has 1 saturated heterocycles. The molecule has 0 radical (unpaired) electrons. The van der Waals surface area contributed by atoms with E-state index in [0.29, 0.717) is 30.1 Å². The fourth-order valence-corrected chi connectivity index (χ4v) is 3.63. The van der Waals surface area contributed by atoms with E-state index in [1.807, 2.05) is 0 Å². The average molecular weight is 334 g/mol. The van der Waals surface area contributed by atoms with E-state index in [4.69, 9.17) is 18.0 Å². The second kappa shape index (κ2) is 6.42. The molecular formula is C14H18ClF2N3S. The van der Waals surface area contributed by atoms with Crippen LogP contribution in [0.25, 0.3) is 0 Å². The zero-order chi connectivity index (χ0) is 14.3. The molecule has 3 rings (SSSR count). The number of thiocarbonyl (C=S) groups is 1. The average Bonchev–Trinajstić information content (AvgIpc) is 2.78. The summed E-state index contributed by atoms with van der Waals surface area (Å²) in [6, 6.07) is 2.74. The van der Waals surface area contributed by atoms with Crippen molar-refractivity contribution < 1.29 is 8.78 Å². The largest absolute Gasteiger partial charge is 0.360 e. The highest BCUT2D eigenvalue weighted by atomic mass is 35.5. The van der Waals surface area contributed by atoms with Gasteiger partial charge in [0.05, 0.1) is 6.04 Å². The number of hydrogen-bond acceptors (Lipinski definition) is 2. The zero-order valence-corrected chi connectivity index (χ0v) is 13.1. The summed E-state index contributed by atoms with van der Waals surface area (Å²) >= 11 is 5.33. The van der Waals surface area contributed by atoms with Gasteiger partial charge in [-0.1, -0.05) is 0 Å². The van der Waals surface area contributed by atoms with Crippen LogP contribution in [0.15, 0.2) is 12.1 Å². The zero-order valence-electron chi connectivity index (χ0n) is 11.4. The first kappa shape index (κ1) is 16.4. The Kier molecular flexibility index (Phi) is 5.01. The molecule has 1 fully saturated rings. The van der Waals surface area contributed by atoms with Crippen LogP contribution in [-0.4, -0.2) is 35.2 Å². The summed E-state index contributed by atoms with van der Waals surface area (Å²) in [6.07, 6.45) is 2.04. The molecule has 2 atom stereocenters. The monoisotopic (exact) mass is 333 g/mol. The molecular weight excluding hydrogens is 316 g/mol. The maximum Gasteiger partial charge on any atom is 0.169 e. The van der Waals surface area contributed by atoms with Gasteiger partial charge in [0.25, 0.3) is 0 Å². The molecule has 0 aromatic heterocycles. The van der Waals surface area contributed by atoms with E-state index in [2.05, 4.69) is 10.2 Å². The van der Waals surface area contributed by atoms with E-state index in [0.717, 1.165) is 24.6 Å². The molecule has 1 aliphatic carbocycles. The number of halogens is 3. The van der Waals surface area contributed by atoms with Crippen LogP contribution in [0.4, 0.5) is 8.78 Å². The van der Waals surface area contributed by atoms with Gasteiger partial charge in [-0.15, -0.1) is 12.4 Å². The highest BCUT2D eigenvalue weighted by molar-refractivity contribution is 7.80. The summed E-state index contributed by atoms with van der Waals surface area (Å²) in [6.45, 7) is 1.27. The molecule has 116 valence electrons. The summed E-state index contributed by atoms with van der Waals surface area (Å²) in [7, 11) is 0. The van der Waals surface area contributed by atoms with Gasteiger partial charge in [0.15, 0.2) is 5.11 Å². The van der Waals surface area contributed by atoms with Crippen molar-refractivity contribution in [2.75, 3.05) is 13.1 Å². The summed E-state index contributed by atoms with van der Waals surface area (Å²) < 4.78 is 27.1. The van der Waals surface area contributed by atoms with Gasteiger partial charge < -0.3 is 16.0 Å². The Bertz CT molecular complexity index is 555. The molecule has 0 bridgehead atoms. The highest BCUT2D eigenvalue weighted by Crippen LogP contribution is 2.29. The summed E-state index contributed by atoms with van der Waals surface area (Å²) in [4.78, 5) is 2.11. The minimum absolute atomic E-state index is 0. The van der Waals surface area contributed by atoms with Crippen molar-refractivity contribution in [2.24, 2.45) is 5.73 Å². The quantitative estimate of drug-likeness (QED) is 0.809. The van der Waals surface area contributed by atoms with E-state index in [1.165, 1.54) is 6.07 Å². The van der Waals surface area contributed by atoms with E-state index in [1.54, 1.807) is 0 Å². The third-order valence-corrected chi connectivity index (χ3v) is 4.57. The number of benzene rings is 1. The molecule has 7 heteroatoms. The van der Waals surface area contributed by atoms with Crippen LogP contribution in [0.3, 0.4) is 0 Å². The summed E-state index contributed by atoms with van der Waals surface area (Å²) in [5.74, 6) is -0.949. The van der Waals surface area contributed by atoms with Crippen molar-refractivity contribution in [3.63, 3.8) is 0 Å². The standard InChI is InChI=1S/C14H17F2N3S.ClH/c15-9-3-8-4-10(1-2-12(8)13(16)5-9)19-11(6-17)7-18-14(19)20;/h3,5,10-11H,1-2,4,6-7,17H2,(H,18,20);1H/t10-,11?;/m0./s1. The molecule has 1 heterocycles. The third kappa shape index (κ3) is 2.98. The Morgan fingerprint density at radius 1 is 1.38 bits per heavy atom. The number of hydrogen-bond donors (Lipinski definition) is 2. The Labute approximate surface area is 134 Å². The van der Waals surface area contributed by atoms with Gasteiger partial charge in [0.2, 0.25) is 0 Å². The Balaban J connectivity index is 0.00000161. The van der Waals surface area contributed by atoms with Crippen LogP contribution in [0.1, 0.15) is 17.5 Å². The molecule has 3 nitrogen and oxygen atoms in total. The molecule has 0 amide bonds. The van der Waals surface area contributed by atoms with Gasteiger partial charge in [-0.2, -0.15) is 0 Å². The minimum Gasteiger partial charge on any atom is -0.360 e. The first-order valence-corrected chi connectivity index (χ1v) is 7.24. The van der Waals surface area contributed by atoms with E-state index in [-0.39, 0.29) is 24.5 Å². The first-order valence-electron chi connectivity index (χ1n) is 6.83. The molecule has 0 saturated carbocycles. The summed E-state index contributed by atoms with van der Waals surface area (Å²) in [5.41, 5.74) is 7.17. The molecule has 1 aliphatic heterocycles. The van der Waals surface area contributed by atoms with Crippen LogP contribution in [0, 0.1) is 11.6 Å². The fraction of sp³-hybridized carbons (Fsp3) is 0.500. The van der Waals surface area contributed by atoms with Gasteiger partial charge in [-0.05, 0) is 48.7 Å². The topological polar surface area (TPSA) is 41.3 Å².